The summed E-state index contributed by atoms with van der Waals surface area (Å²) in [7, 11) is 0. The van der Waals surface area contributed by atoms with E-state index in [1.54, 1.807) is 12.1 Å². The lowest BCUT2D eigenvalue weighted by Crippen LogP contribution is -2.03. The van der Waals surface area contributed by atoms with Gasteiger partial charge in [-0.25, -0.2) is 0 Å². The minimum Gasteiger partial charge on any atom is -0.364 e. The van der Waals surface area contributed by atoms with Gasteiger partial charge < -0.3 is 5.32 Å². The van der Waals surface area contributed by atoms with Crippen LogP contribution in [0.25, 0.3) is 0 Å². The van der Waals surface area contributed by atoms with Crippen LogP contribution in [0.15, 0.2) is 23.5 Å². The Hall–Kier alpha value is -1.74. The Kier molecular flexibility index (Phi) is 5.07. The summed E-state index contributed by atoms with van der Waals surface area (Å²) in [6.45, 7) is 6.01. The molecule has 0 aromatic rings. The summed E-state index contributed by atoms with van der Waals surface area (Å²) < 4.78 is 0. The van der Waals surface area contributed by atoms with E-state index in [4.69, 9.17) is 10.5 Å². The summed E-state index contributed by atoms with van der Waals surface area (Å²) in [6, 6.07) is 3.54. The van der Waals surface area contributed by atoms with Crippen molar-refractivity contribution in [1.29, 1.82) is 10.5 Å². The Morgan fingerprint density at radius 1 is 1.31 bits per heavy atom. The minimum atomic E-state index is 0.0801. The van der Waals surface area contributed by atoms with Crippen molar-refractivity contribution in [2.24, 2.45) is 5.92 Å². The van der Waals surface area contributed by atoms with E-state index < -0.39 is 0 Å². The lowest BCUT2D eigenvalue weighted by Gasteiger charge is -2.01. The molecule has 0 amide bonds. The predicted molar refractivity (Wildman–Crippen MR) is 51.0 cm³/mol. The first kappa shape index (κ1) is 11.3. The van der Waals surface area contributed by atoms with E-state index >= 15 is 0 Å². The number of hydrogen-bond donors (Lipinski definition) is 1. The van der Waals surface area contributed by atoms with Gasteiger partial charge in [0, 0.05) is 11.9 Å². The molecular formula is C10H13N3. The maximum Gasteiger partial charge on any atom is 0.145 e. The fraction of sp³-hybridized carbons (Fsp3) is 0.400. The summed E-state index contributed by atoms with van der Waals surface area (Å²) in [5, 5.41) is 19.7. The molecule has 3 heteroatoms. The molecule has 3 nitrogen and oxygen atoms in total. The van der Waals surface area contributed by atoms with E-state index in [1.807, 2.05) is 13.0 Å². The lowest BCUT2D eigenvalue weighted by atomic mass is 10.2. The van der Waals surface area contributed by atoms with Crippen LogP contribution >= 0.6 is 0 Å². The number of nitriles is 2. The second kappa shape index (κ2) is 5.85. The molecule has 0 aliphatic carbocycles. The van der Waals surface area contributed by atoms with Crippen LogP contribution in [0, 0.1) is 28.6 Å². The molecule has 0 saturated heterocycles. The van der Waals surface area contributed by atoms with Gasteiger partial charge in [0.2, 0.25) is 0 Å². The average molecular weight is 175 g/mol. The zero-order valence-electron chi connectivity index (χ0n) is 8.13. The van der Waals surface area contributed by atoms with Gasteiger partial charge in [0.1, 0.15) is 17.7 Å². The Bertz CT molecular complexity index is 281. The molecule has 0 atom stereocenters. The average Bonchev–Trinajstić information content (AvgIpc) is 2.05. The fourth-order valence-electron chi connectivity index (χ4n) is 0.824. The molecule has 68 valence electrons. The van der Waals surface area contributed by atoms with Crippen LogP contribution < -0.4 is 5.32 Å². The molecule has 1 N–H and O–H groups in total. The van der Waals surface area contributed by atoms with Crippen molar-refractivity contribution < 1.29 is 0 Å². The smallest absolute Gasteiger partial charge is 0.145 e. The second-order valence-electron chi connectivity index (χ2n) is 3.02. The van der Waals surface area contributed by atoms with Gasteiger partial charge in [-0.2, -0.15) is 10.5 Å². The van der Waals surface area contributed by atoms with Gasteiger partial charge in [-0.15, -0.1) is 0 Å². The summed E-state index contributed by atoms with van der Waals surface area (Å²) in [6.07, 6.45) is 3.43. The zero-order chi connectivity index (χ0) is 10.3. The third-order valence-electron chi connectivity index (χ3n) is 1.27. The molecule has 0 heterocycles. The van der Waals surface area contributed by atoms with E-state index in [9.17, 15) is 0 Å². The number of rotatable bonds is 3. The topological polar surface area (TPSA) is 59.6 Å². The fourth-order valence-corrected chi connectivity index (χ4v) is 0.824. The summed E-state index contributed by atoms with van der Waals surface area (Å²) in [5.74, 6) is 0.452. The van der Waals surface area contributed by atoms with Crippen LogP contribution in [0.3, 0.4) is 0 Å². The summed E-state index contributed by atoms with van der Waals surface area (Å²) >= 11 is 0. The van der Waals surface area contributed by atoms with Crippen LogP contribution in [-0.4, -0.2) is 0 Å². The standard InChI is InChI=1S/C10H13N3/c1-8(2)4-9(3)13-7-10(5-11)6-12/h4,7-8,13H,1-3H3/b9-4+. The molecule has 0 aliphatic heterocycles. The van der Waals surface area contributed by atoms with Gasteiger partial charge in [-0.1, -0.05) is 19.9 Å². The van der Waals surface area contributed by atoms with Crippen molar-refractivity contribution >= 4 is 0 Å². The highest BCUT2D eigenvalue weighted by molar-refractivity contribution is 5.35. The molecule has 0 unspecified atom stereocenters. The van der Waals surface area contributed by atoms with Gasteiger partial charge in [0.15, 0.2) is 0 Å². The predicted octanol–water partition coefficient (Wildman–Crippen LogP) is 2.07. The van der Waals surface area contributed by atoms with Gasteiger partial charge in [-0.05, 0) is 12.8 Å². The van der Waals surface area contributed by atoms with E-state index in [0.717, 1.165) is 5.70 Å². The lowest BCUT2D eigenvalue weighted by molar-refractivity contribution is 0.808. The van der Waals surface area contributed by atoms with E-state index in [-0.39, 0.29) is 5.57 Å². The molecule has 13 heavy (non-hydrogen) atoms. The quantitative estimate of drug-likeness (QED) is 0.668. The van der Waals surface area contributed by atoms with E-state index in [1.165, 1.54) is 6.20 Å². The first-order valence-electron chi connectivity index (χ1n) is 4.05. The first-order valence-corrected chi connectivity index (χ1v) is 4.05. The second-order valence-corrected chi connectivity index (χ2v) is 3.02. The highest BCUT2D eigenvalue weighted by Crippen LogP contribution is 1.98. The highest BCUT2D eigenvalue weighted by atomic mass is 14.8. The monoisotopic (exact) mass is 175 g/mol. The highest BCUT2D eigenvalue weighted by Gasteiger charge is 1.92. The van der Waals surface area contributed by atoms with Crippen LogP contribution in [0.5, 0.6) is 0 Å². The van der Waals surface area contributed by atoms with Crippen molar-refractivity contribution in [3.63, 3.8) is 0 Å². The van der Waals surface area contributed by atoms with E-state index in [0.29, 0.717) is 5.92 Å². The number of allylic oxidation sites excluding steroid dienone is 3. The van der Waals surface area contributed by atoms with Crippen LogP contribution in [-0.2, 0) is 0 Å². The van der Waals surface area contributed by atoms with Crippen molar-refractivity contribution in [2.45, 2.75) is 20.8 Å². The zero-order valence-corrected chi connectivity index (χ0v) is 8.13. The summed E-state index contributed by atoms with van der Waals surface area (Å²) in [5.41, 5.74) is 1.02. The normalized spacial score (nSPS) is 10.2. The summed E-state index contributed by atoms with van der Waals surface area (Å²) in [4.78, 5) is 0. The molecule has 0 radical (unpaired) electrons. The van der Waals surface area contributed by atoms with Crippen LogP contribution in [0.1, 0.15) is 20.8 Å². The Morgan fingerprint density at radius 2 is 1.85 bits per heavy atom. The molecule has 0 spiro atoms. The number of nitrogens with zero attached hydrogens (tertiary/aromatic N) is 2. The van der Waals surface area contributed by atoms with Gasteiger partial charge in [-0.3, -0.25) is 0 Å². The molecule has 0 rings (SSSR count). The molecule has 0 saturated carbocycles. The molecular weight excluding hydrogens is 162 g/mol. The number of hydrogen-bond acceptors (Lipinski definition) is 3. The van der Waals surface area contributed by atoms with Crippen LogP contribution in [0.2, 0.25) is 0 Å². The van der Waals surface area contributed by atoms with Crippen molar-refractivity contribution in [2.75, 3.05) is 0 Å². The molecule has 0 bridgehead atoms. The maximum absolute atomic E-state index is 8.42. The van der Waals surface area contributed by atoms with Crippen molar-refractivity contribution in [3.05, 3.63) is 23.5 Å². The largest absolute Gasteiger partial charge is 0.364 e. The Morgan fingerprint density at radius 3 is 2.23 bits per heavy atom. The third-order valence-corrected chi connectivity index (χ3v) is 1.27. The SMILES string of the molecule is C/C(=C\C(C)C)NC=C(C#N)C#N. The first-order chi connectivity index (χ1) is 6.10. The Balaban J connectivity index is 4.27. The molecule has 0 aromatic carbocycles. The van der Waals surface area contributed by atoms with Gasteiger partial charge in [0.25, 0.3) is 0 Å². The minimum absolute atomic E-state index is 0.0801. The number of nitrogens with one attached hydrogen (secondary N) is 1. The third kappa shape index (κ3) is 5.52. The molecule has 0 fully saturated rings. The Labute approximate surface area is 79.0 Å². The van der Waals surface area contributed by atoms with Crippen molar-refractivity contribution in [1.82, 2.24) is 5.32 Å². The van der Waals surface area contributed by atoms with Crippen molar-refractivity contribution in [3.8, 4) is 12.1 Å². The van der Waals surface area contributed by atoms with Gasteiger partial charge >= 0.3 is 0 Å². The molecule has 0 aliphatic rings. The van der Waals surface area contributed by atoms with E-state index in [2.05, 4.69) is 19.2 Å². The van der Waals surface area contributed by atoms with Gasteiger partial charge in [0.05, 0.1) is 0 Å². The molecule has 0 aromatic heterocycles. The maximum atomic E-state index is 8.42. The van der Waals surface area contributed by atoms with Crippen LogP contribution in [0.4, 0.5) is 0 Å².